The first-order valence-electron chi connectivity index (χ1n) is 7.83. The second-order valence-corrected chi connectivity index (χ2v) is 7.03. The van der Waals surface area contributed by atoms with Gasteiger partial charge in [0.2, 0.25) is 4.77 Å². The molecule has 0 atom stereocenters. The number of hydrogen-bond acceptors (Lipinski definition) is 3. The fourth-order valence-electron chi connectivity index (χ4n) is 2.37. The lowest BCUT2D eigenvalue weighted by Crippen LogP contribution is -2.10. The van der Waals surface area contributed by atoms with Crippen molar-refractivity contribution in [3.63, 3.8) is 0 Å². The van der Waals surface area contributed by atoms with Crippen molar-refractivity contribution in [3.05, 3.63) is 70.5 Å². The van der Waals surface area contributed by atoms with Gasteiger partial charge in [0.1, 0.15) is 0 Å². The van der Waals surface area contributed by atoms with Crippen molar-refractivity contribution < 1.29 is 0 Å². The number of benzene rings is 2. The Morgan fingerprint density at radius 1 is 1.04 bits per heavy atom. The highest BCUT2D eigenvalue weighted by Gasteiger charge is 2.12. The highest BCUT2D eigenvalue weighted by atomic mass is 32.1. The van der Waals surface area contributed by atoms with Crippen LogP contribution in [0.25, 0.3) is 11.4 Å². The van der Waals surface area contributed by atoms with Crippen molar-refractivity contribution >= 4 is 18.4 Å². The molecule has 0 aliphatic rings. The molecule has 0 amide bonds. The number of nitrogens with zero attached hydrogens (tertiary/aromatic N) is 3. The Morgan fingerprint density at radius 2 is 1.71 bits per heavy atom. The van der Waals surface area contributed by atoms with Crippen molar-refractivity contribution in [2.24, 2.45) is 5.10 Å². The van der Waals surface area contributed by atoms with Crippen LogP contribution in [-0.2, 0) is 5.41 Å². The van der Waals surface area contributed by atoms with Gasteiger partial charge in [-0.3, -0.25) is 0 Å². The number of aromatic nitrogens is 3. The summed E-state index contributed by atoms with van der Waals surface area (Å²) < 4.78 is 2.11. The van der Waals surface area contributed by atoms with Crippen LogP contribution in [0.1, 0.15) is 31.9 Å². The molecule has 24 heavy (non-hydrogen) atoms. The molecular weight excluding hydrogens is 316 g/mol. The standard InChI is InChI=1S/C19H20N4S/c1-19(2,3)16-11-9-14(10-12-16)13-20-23-17(21-22-18(23)24)15-7-5-4-6-8-15/h4-13H,1-3H3,(H,22,24). The Labute approximate surface area is 146 Å². The summed E-state index contributed by atoms with van der Waals surface area (Å²) in [5, 5.41) is 11.6. The van der Waals surface area contributed by atoms with Gasteiger partial charge < -0.3 is 0 Å². The molecule has 122 valence electrons. The van der Waals surface area contributed by atoms with E-state index in [4.69, 9.17) is 12.2 Å². The number of nitrogens with one attached hydrogen (secondary N) is 1. The second-order valence-electron chi connectivity index (χ2n) is 6.65. The minimum atomic E-state index is 0.142. The first kappa shape index (κ1) is 16.3. The summed E-state index contributed by atoms with van der Waals surface area (Å²) in [5.74, 6) is 0.697. The number of rotatable bonds is 3. The molecule has 0 radical (unpaired) electrons. The molecule has 0 aliphatic carbocycles. The fraction of sp³-hybridized carbons (Fsp3) is 0.211. The summed E-state index contributed by atoms with van der Waals surface area (Å²) >= 11 is 5.29. The van der Waals surface area contributed by atoms with Crippen LogP contribution in [0.3, 0.4) is 0 Å². The zero-order valence-corrected chi connectivity index (χ0v) is 14.8. The average molecular weight is 336 g/mol. The molecule has 1 heterocycles. The SMILES string of the molecule is CC(C)(C)c1ccc(C=Nn2c(-c3ccccc3)n[nH]c2=S)cc1. The van der Waals surface area contributed by atoms with Gasteiger partial charge in [-0.15, -0.1) is 0 Å². The molecular formula is C19H20N4S. The number of aromatic amines is 1. The first-order chi connectivity index (χ1) is 11.4. The van der Waals surface area contributed by atoms with Crippen molar-refractivity contribution in [3.8, 4) is 11.4 Å². The van der Waals surface area contributed by atoms with Crippen molar-refractivity contribution in [1.82, 2.24) is 14.9 Å². The van der Waals surface area contributed by atoms with E-state index in [1.807, 2.05) is 30.3 Å². The predicted molar refractivity (Wildman–Crippen MR) is 101 cm³/mol. The summed E-state index contributed by atoms with van der Waals surface area (Å²) in [6.07, 6.45) is 1.80. The largest absolute Gasteiger partial charge is 0.250 e. The third-order valence-corrected chi connectivity index (χ3v) is 4.05. The molecule has 0 spiro atoms. The van der Waals surface area contributed by atoms with E-state index < -0.39 is 0 Å². The van der Waals surface area contributed by atoms with Gasteiger partial charge in [-0.2, -0.15) is 14.9 Å². The molecule has 0 aliphatic heterocycles. The highest BCUT2D eigenvalue weighted by Crippen LogP contribution is 2.22. The fourth-order valence-corrected chi connectivity index (χ4v) is 2.55. The molecule has 0 saturated carbocycles. The molecule has 5 heteroatoms. The first-order valence-corrected chi connectivity index (χ1v) is 8.24. The van der Waals surface area contributed by atoms with E-state index >= 15 is 0 Å². The van der Waals surface area contributed by atoms with Crippen molar-refractivity contribution in [1.29, 1.82) is 0 Å². The van der Waals surface area contributed by atoms with E-state index in [0.29, 0.717) is 10.6 Å². The summed E-state index contributed by atoms with van der Waals surface area (Å²) in [5.41, 5.74) is 3.42. The molecule has 3 aromatic rings. The predicted octanol–water partition coefficient (Wildman–Crippen LogP) is 4.79. The highest BCUT2D eigenvalue weighted by molar-refractivity contribution is 7.71. The normalized spacial score (nSPS) is 12.0. The minimum Gasteiger partial charge on any atom is -0.250 e. The van der Waals surface area contributed by atoms with Gasteiger partial charge in [-0.05, 0) is 28.8 Å². The van der Waals surface area contributed by atoms with Crippen LogP contribution in [0.15, 0.2) is 59.7 Å². The monoisotopic (exact) mass is 336 g/mol. The molecule has 0 fully saturated rings. The van der Waals surface area contributed by atoms with E-state index in [9.17, 15) is 0 Å². The lowest BCUT2D eigenvalue weighted by atomic mass is 9.87. The lowest BCUT2D eigenvalue weighted by Gasteiger charge is -2.18. The maximum absolute atomic E-state index is 5.29. The third kappa shape index (κ3) is 3.51. The van der Waals surface area contributed by atoms with Gasteiger partial charge in [0, 0.05) is 5.56 Å². The minimum absolute atomic E-state index is 0.142. The van der Waals surface area contributed by atoms with E-state index in [2.05, 4.69) is 60.3 Å². The Kier molecular flexibility index (Phi) is 4.44. The Bertz CT molecular complexity index is 897. The Hall–Kier alpha value is -2.53. The molecule has 3 rings (SSSR count). The smallest absolute Gasteiger partial charge is 0.216 e. The van der Waals surface area contributed by atoms with Gasteiger partial charge in [-0.1, -0.05) is 75.4 Å². The number of hydrogen-bond donors (Lipinski definition) is 1. The lowest BCUT2D eigenvalue weighted by molar-refractivity contribution is 0.590. The molecule has 4 nitrogen and oxygen atoms in total. The zero-order chi connectivity index (χ0) is 17.2. The topological polar surface area (TPSA) is 46.0 Å². The molecule has 1 aromatic heterocycles. The van der Waals surface area contributed by atoms with Crippen LogP contribution in [0, 0.1) is 4.77 Å². The van der Waals surface area contributed by atoms with E-state index in [1.165, 1.54) is 5.56 Å². The van der Waals surface area contributed by atoms with E-state index in [1.54, 1.807) is 10.9 Å². The Morgan fingerprint density at radius 3 is 2.33 bits per heavy atom. The van der Waals surface area contributed by atoms with Crippen LogP contribution >= 0.6 is 12.2 Å². The zero-order valence-electron chi connectivity index (χ0n) is 14.0. The maximum Gasteiger partial charge on any atom is 0.216 e. The average Bonchev–Trinajstić information content (AvgIpc) is 2.94. The van der Waals surface area contributed by atoms with E-state index in [-0.39, 0.29) is 5.41 Å². The molecule has 0 bridgehead atoms. The van der Waals surface area contributed by atoms with Crippen LogP contribution in [-0.4, -0.2) is 21.1 Å². The molecule has 2 aromatic carbocycles. The third-order valence-electron chi connectivity index (χ3n) is 3.78. The second kappa shape index (κ2) is 6.53. The summed E-state index contributed by atoms with van der Waals surface area (Å²) in [6, 6.07) is 18.3. The Balaban J connectivity index is 1.91. The summed E-state index contributed by atoms with van der Waals surface area (Å²) in [6.45, 7) is 6.60. The van der Waals surface area contributed by atoms with E-state index in [0.717, 1.165) is 11.1 Å². The van der Waals surface area contributed by atoms with Gasteiger partial charge in [0.05, 0.1) is 6.21 Å². The van der Waals surface area contributed by atoms with Crippen LogP contribution in [0.4, 0.5) is 0 Å². The van der Waals surface area contributed by atoms with Crippen LogP contribution in [0.2, 0.25) is 0 Å². The van der Waals surface area contributed by atoms with Gasteiger partial charge in [-0.25, -0.2) is 5.10 Å². The quantitative estimate of drug-likeness (QED) is 0.552. The molecule has 0 unspecified atom stereocenters. The van der Waals surface area contributed by atoms with Crippen molar-refractivity contribution in [2.45, 2.75) is 26.2 Å². The summed E-state index contributed by atoms with van der Waals surface area (Å²) in [4.78, 5) is 0. The number of H-pyrrole nitrogens is 1. The summed E-state index contributed by atoms with van der Waals surface area (Å²) in [7, 11) is 0. The molecule has 0 saturated heterocycles. The van der Waals surface area contributed by atoms with Crippen LogP contribution in [0.5, 0.6) is 0 Å². The van der Waals surface area contributed by atoms with Gasteiger partial charge in [0.15, 0.2) is 5.82 Å². The van der Waals surface area contributed by atoms with Gasteiger partial charge >= 0.3 is 0 Å². The van der Waals surface area contributed by atoms with Gasteiger partial charge in [0.25, 0.3) is 0 Å². The maximum atomic E-state index is 5.29. The van der Waals surface area contributed by atoms with Crippen LogP contribution < -0.4 is 0 Å². The van der Waals surface area contributed by atoms with Crippen molar-refractivity contribution in [2.75, 3.05) is 0 Å². The molecule has 1 N–H and O–H groups in total.